The Morgan fingerprint density at radius 3 is 2.70 bits per heavy atom. The Morgan fingerprint density at radius 2 is 2.00 bits per heavy atom. The molecule has 1 heterocycles. The molecule has 1 atom stereocenters. The van der Waals surface area contributed by atoms with Crippen LogP contribution in [0.1, 0.15) is 11.1 Å². The first-order chi connectivity index (χ1) is 12.9. The fraction of sp³-hybridized carbons (Fsp3) is 0.300. The van der Waals surface area contributed by atoms with E-state index in [1.165, 1.54) is 0 Å². The fourth-order valence-corrected chi connectivity index (χ4v) is 3.55. The minimum atomic E-state index is -0.678. The first-order valence-electron chi connectivity index (χ1n) is 8.68. The highest BCUT2D eigenvalue weighted by molar-refractivity contribution is 6.34. The number of hydrogen-bond acceptors (Lipinski definition) is 4. The predicted molar refractivity (Wildman–Crippen MR) is 107 cm³/mol. The van der Waals surface area contributed by atoms with Gasteiger partial charge >= 0.3 is 0 Å². The van der Waals surface area contributed by atoms with Gasteiger partial charge in [-0.05, 0) is 43.2 Å². The molecular weight excluding hydrogens is 366 g/mol. The lowest BCUT2D eigenvalue weighted by Crippen LogP contribution is -2.50. The number of carbonyl (C=O) groups excluding carboxylic acids is 2. The van der Waals surface area contributed by atoms with Crippen LogP contribution in [0.3, 0.4) is 0 Å². The number of nitrogens with one attached hydrogen (secondary N) is 2. The van der Waals surface area contributed by atoms with Gasteiger partial charge in [-0.15, -0.1) is 0 Å². The summed E-state index contributed by atoms with van der Waals surface area (Å²) < 4.78 is 5.76. The third kappa shape index (κ3) is 4.17. The molecule has 0 aliphatic carbocycles. The summed E-state index contributed by atoms with van der Waals surface area (Å²) in [6.45, 7) is 4.22. The second-order valence-corrected chi connectivity index (χ2v) is 6.96. The zero-order valence-corrected chi connectivity index (χ0v) is 16.3. The molecule has 0 aromatic heterocycles. The van der Waals surface area contributed by atoms with Crippen LogP contribution in [0.4, 0.5) is 11.4 Å². The normalized spacial score (nSPS) is 15.6. The number of nitrogens with zero attached hydrogens (tertiary/aromatic N) is 1. The van der Waals surface area contributed by atoms with E-state index in [1.54, 1.807) is 13.1 Å². The van der Waals surface area contributed by atoms with Crippen molar-refractivity contribution in [3.05, 3.63) is 52.5 Å². The monoisotopic (exact) mass is 387 g/mol. The molecule has 1 unspecified atom stereocenters. The Balaban J connectivity index is 1.79. The molecule has 3 rings (SSSR count). The molecule has 2 amide bonds. The number of rotatable bonds is 4. The summed E-state index contributed by atoms with van der Waals surface area (Å²) in [6.07, 6.45) is -0.678. The number of benzene rings is 2. The number of halogens is 1. The lowest BCUT2D eigenvalue weighted by atomic mass is 10.1. The van der Waals surface area contributed by atoms with Crippen molar-refractivity contribution >= 4 is 34.8 Å². The molecule has 1 aliphatic heterocycles. The third-order valence-electron chi connectivity index (χ3n) is 4.43. The van der Waals surface area contributed by atoms with Crippen LogP contribution in [0, 0.1) is 13.8 Å². The van der Waals surface area contributed by atoms with Crippen molar-refractivity contribution in [2.75, 3.05) is 30.4 Å². The zero-order valence-electron chi connectivity index (χ0n) is 15.5. The Hall–Kier alpha value is -2.73. The van der Waals surface area contributed by atoms with E-state index in [2.05, 4.69) is 10.6 Å². The smallest absolute Gasteiger partial charge is 0.262 e. The van der Waals surface area contributed by atoms with Gasteiger partial charge in [-0.1, -0.05) is 29.8 Å². The molecule has 142 valence electrons. The number of hydrogen-bond donors (Lipinski definition) is 2. The summed E-state index contributed by atoms with van der Waals surface area (Å²) in [5, 5.41) is 5.98. The topological polar surface area (TPSA) is 70.7 Å². The molecule has 2 N–H and O–H groups in total. The maximum Gasteiger partial charge on any atom is 0.262 e. The van der Waals surface area contributed by atoms with Crippen LogP contribution in [-0.4, -0.2) is 38.1 Å². The van der Waals surface area contributed by atoms with Crippen molar-refractivity contribution in [3.63, 3.8) is 0 Å². The summed E-state index contributed by atoms with van der Waals surface area (Å²) in [4.78, 5) is 26.6. The summed E-state index contributed by atoms with van der Waals surface area (Å²) in [5.74, 6) is 0.137. The molecule has 7 heteroatoms. The molecule has 1 aliphatic rings. The van der Waals surface area contributed by atoms with Crippen LogP contribution in [0.2, 0.25) is 5.02 Å². The van der Waals surface area contributed by atoms with Crippen molar-refractivity contribution in [1.29, 1.82) is 0 Å². The minimum absolute atomic E-state index is 0.0809. The second kappa shape index (κ2) is 7.88. The Morgan fingerprint density at radius 1 is 1.26 bits per heavy atom. The van der Waals surface area contributed by atoms with Gasteiger partial charge in [0.25, 0.3) is 5.91 Å². The van der Waals surface area contributed by atoms with Crippen LogP contribution >= 0.6 is 11.6 Å². The second-order valence-electron chi connectivity index (χ2n) is 6.56. The maximum atomic E-state index is 12.7. The van der Waals surface area contributed by atoms with Crippen molar-refractivity contribution in [2.45, 2.75) is 20.0 Å². The van der Waals surface area contributed by atoms with E-state index >= 15 is 0 Å². The molecule has 0 saturated heterocycles. The van der Waals surface area contributed by atoms with E-state index < -0.39 is 6.10 Å². The molecule has 6 nitrogen and oxygen atoms in total. The molecule has 0 spiro atoms. The molecule has 2 aromatic carbocycles. The molecule has 2 aromatic rings. The highest BCUT2D eigenvalue weighted by Crippen LogP contribution is 2.33. The lowest BCUT2D eigenvalue weighted by molar-refractivity contribution is -0.127. The van der Waals surface area contributed by atoms with Crippen LogP contribution < -0.4 is 20.3 Å². The summed E-state index contributed by atoms with van der Waals surface area (Å²) in [7, 11) is 1.56. The van der Waals surface area contributed by atoms with Crippen LogP contribution in [0.25, 0.3) is 0 Å². The number of para-hydroxylation sites is 2. The summed E-state index contributed by atoms with van der Waals surface area (Å²) in [6, 6.07) is 11.1. The highest BCUT2D eigenvalue weighted by Gasteiger charge is 2.31. The van der Waals surface area contributed by atoms with E-state index in [4.69, 9.17) is 16.3 Å². The van der Waals surface area contributed by atoms with Crippen molar-refractivity contribution in [2.24, 2.45) is 0 Å². The molecule has 0 fully saturated rings. The first-order valence-corrected chi connectivity index (χ1v) is 9.05. The van der Waals surface area contributed by atoms with E-state index in [-0.39, 0.29) is 24.9 Å². The van der Waals surface area contributed by atoms with E-state index in [1.807, 2.05) is 49.1 Å². The van der Waals surface area contributed by atoms with E-state index in [0.717, 1.165) is 16.8 Å². The quantitative estimate of drug-likeness (QED) is 0.846. The van der Waals surface area contributed by atoms with Crippen molar-refractivity contribution in [1.82, 2.24) is 5.32 Å². The molecular formula is C20H22ClN3O3. The molecule has 0 saturated carbocycles. The standard InChI is InChI=1S/C20H22ClN3O3/c1-12-8-13(2)19(14(21)9-12)23-18(25)11-24-10-17(20(26)22-3)27-16-7-5-4-6-15(16)24/h4-9,17H,10-11H2,1-3H3,(H,22,26)(H,23,25). The Bertz CT molecular complexity index is 862. The van der Waals surface area contributed by atoms with Crippen molar-refractivity contribution in [3.8, 4) is 5.75 Å². The number of amides is 2. The van der Waals surface area contributed by atoms with E-state index in [9.17, 15) is 9.59 Å². The highest BCUT2D eigenvalue weighted by atomic mass is 35.5. The number of ether oxygens (including phenoxy) is 1. The van der Waals surface area contributed by atoms with Gasteiger partial charge in [0.05, 0.1) is 29.5 Å². The van der Waals surface area contributed by atoms with Gasteiger partial charge in [0.1, 0.15) is 5.75 Å². The Labute approximate surface area is 163 Å². The molecule has 0 bridgehead atoms. The molecule has 27 heavy (non-hydrogen) atoms. The SMILES string of the molecule is CNC(=O)C1CN(CC(=O)Nc2c(C)cc(C)cc2Cl)c2ccccc2O1. The van der Waals surface area contributed by atoms with Gasteiger partial charge in [-0.2, -0.15) is 0 Å². The van der Waals surface area contributed by atoms with Gasteiger partial charge in [-0.3, -0.25) is 9.59 Å². The van der Waals surface area contributed by atoms with Gasteiger partial charge in [-0.25, -0.2) is 0 Å². The largest absolute Gasteiger partial charge is 0.477 e. The first kappa shape index (κ1) is 19.0. The fourth-order valence-electron chi connectivity index (χ4n) is 3.18. The maximum absolute atomic E-state index is 12.7. The van der Waals surface area contributed by atoms with Gasteiger partial charge in [0.2, 0.25) is 5.91 Å². The average molecular weight is 388 g/mol. The van der Waals surface area contributed by atoms with Crippen LogP contribution in [0.5, 0.6) is 5.75 Å². The number of carbonyl (C=O) groups is 2. The number of anilines is 2. The number of aryl methyl sites for hydroxylation is 2. The van der Waals surface area contributed by atoms with Crippen molar-refractivity contribution < 1.29 is 14.3 Å². The zero-order chi connectivity index (χ0) is 19.6. The minimum Gasteiger partial charge on any atom is -0.477 e. The predicted octanol–water partition coefficient (Wildman–Crippen LogP) is 2.91. The van der Waals surface area contributed by atoms with Crippen LogP contribution in [0.15, 0.2) is 36.4 Å². The summed E-state index contributed by atoms with van der Waals surface area (Å²) in [5.41, 5.74) is 3.32. The summed E-state index contributed by atoms with van der Waals surface area (Å²) >= 11 is 6.28. The van der Waals surface area contributed by atoms with Gasteiger partial charge in [0, 0.05) is 7.05 Å². The number of likely N-dealkylation sites (N-methyl/N-ethyl adjacent to an activating group) is 1. The number of fused-ring (bicyclic) bond motifs is 1. The van der Waals surface area contributed by atoms with E-state index in [0.29, 0.717) is 16.5 Å². The Kier molecular flexibility index (Phi) is 5.56. The van der Waals surface area contributed by atoms with Gasteiger partial charge < -0.3 is 20.3 Å². The third-order valence-corrected chi connectivity index (χ3v) is 4.73. The van der Waals surface area contributed by atoms with Crippen LogP contribution in [-0.2, 0) is 9.59 Å². The van der Waals surface area contributed by atoms with Gasteiger partial charge in [0.15, 0.2) is 6.10 Å². The average Bonchev–Trinajstić information content (AvgIpc) is 2.63. The molecule has 0 radical (unpaired) electrons. The lowest BCUT2D eigenvalue weighted by Gasteiger charge is -2.35.